The molecule has 0 bridgehead atoms. The quantitative estimate of drug-likeness (QED) is 0.433. The summed E-state index contributed by atoms with van der Waals surface area (Å²) in [4.78, 5) is 19.3. The number of amides is 1. The molecule has 27 heavy (non-hydrogen) atoms. The van der Waals surface area contributed by atoms with Gasteiger partial charge in [-0.1, -0.05) is 38.3 Å². The third kappa shape index (κ3) is 5.22. The first kappa shape index (κ1) is 19.7. The molecule has 6 heteroatoms. The number of nitrogens with two attached hydrogens (primary N) is 1. The Morgan fingerprint density at radius 3 is 2.78 bits per heavy atom. The van der Waals surface area contributed by atoms with Gasteiger partial charge in [-0.05, 0) is 37.8 Å². The van der Waals surface area contributed by atoms with Crippen LogP contribution in [0, 0.1) is 5.92 Å². The molecule has 0 radical (unpaired) electrons. The van der Waals surface area contributed by atoms with Crippen molar-refractivity contribution in [3.05, 3.63) is 29.8 Å². The van der Waals surface area contributed by atoms with E-state index in [1.165, 1.54) is 25.7 Å². The van der Waals surface area contributed by atoms with E-state index < -0.39 is 5.91 Å². The van der Waals surface area contributed by atoms with Gasteiger partial charge in [0.15, 0.2) is 5.96 Å². The minimum atomic E-state index is -0.422. The maximum atomic E-state index is 11.8. The molecule has 148 valence electrons. The molecule has 0 spiro atoms. The molecule has 0 unspecified atom stereocenters. The summed E-state index contributed by atoms with van der Waals surface area (Å²) in [6, 6.07) is 8.14. The number of anilines is 1. The van der Waals surface area contributed by atoms with Gasteiger partial charge in [-0.25, -0.2) is 4.99 Å². The van der Waals surface area contributed by atoms with E-state index in [2.05, 4.69) is 29.4 Å². The first-order valence-electron chi connectivity index (χ1n) is 10.3. The van der Waals surface area contributed by atoms with E-state index in [9.17, 15) is 4.79 Å². The molecule has 3 rings (SSSR count). The number of nitrogens with zero attached hydrogens (tertiary/aromatic N) is 2. The standard InChI is InChI=1S/C21H33N5O/c1-15-8-4-3-5-10-18(15)24-21(26-13-12-23-16(2)14-26)25-19-11-7-6-9-17(19)20(22)27/h6-7,9,11,15-16,18,23H,3-5,8,10,12-14H2,1-2H3,(H2,22,27)(H,24,25)/t15-,16-,18-/m0/s1. The van der Waals surface area contributed by atoms with Gasteiger partial charge in [-0.3, -0.25) is 4.79 Å². The zero-order chi connectivity index (χ0) is 19.2. The van der Waals surface area contributed by atoms with Crippen LogP contribution in [0.15, 0.2) is 29.3 Å². The number of hydrogen-bond acceptors (Lipinski definition) is 3. The van der Waals surface area contributed by atoms with Crippen molar-refractivity contribution in [1.29, 1.82) is 0 Å². The predicted molar refractivity (Wildman–Crippen MR) is 111 cm³/mol. The van der Waals surface area contributed by atoms with Gasteiger partial charge in [-0.2, -0.15) is 0 Å². The lowest BCUT2D eigenvalue weighted by atomic mass is 9.98. The summed E-state index contributed by atoms with van der Waals surface area (Å²) in [7, 11) is 0. The monoisotopic (exact) mass is 371 g/mol. The smallest absolute Gasteiger partial charge is 0.250 e. The van der Waals surface area contributed by atoms with Crippen molar-refractivity contribution in [3.63, 3.8) is 0 Å². The van der Waals surface area contributed by atoms with Crippen LogP contribution < -0.4 is 16.4 Å². The molecule has 1 heterocycles. The largest absolute Gasteiger partial charge is 0.366 e. The highest BCUT2D eigenvalue weighted by molar-refractivity contribution is 6.03. The first-order chi connectivity index (χ1) is 13.0. The molecular formula is C21H33N5O. The Kier molecular flexibility index (Phi) is 6.72. The Hall–Kier alpha value is -2.08. The molecular weight excluding hydrogens is 338 g/mol. The van der Waals surface area contributed by atoms with Crippen LogP contribution in [0.5, 0.6) is 0 Å². The normalized spacial score (nSPS) is 27.1. The number of para-hydroxylation sites is 1. The van der Waals surface area contributed by atoms with Crippen LogP contribution in [0.2, 0.25) is 0 Å². The number of piperazine rings is 1. The fraction of sp³-hybridized carbons (Fsp3) is 0.619. The number of guanidine groups is 1. The number of nitrogens with one attached hydrogen (secondary N) is 2. The Balaban J connectivity index is 1.90. The SMILES string of the molecule is C[C@H]1CN(C(=N[C@H]2CCCCC[C@@H]2C)Nc2ccccc2C(N)=O)CCN1. The predicted octanol–water partition coefficient (Wildman–Crippen LogP) is 2.82. The van der Waals surface area contributed by atoms with Crippen LogP contribution in [0.1, 0.15) is 56.3 Å². The third-order valence-electron chi connectivity index (χ3n) is 5.71. The average Bonchev–Trinajstić information content (AvgIpc) is 2.86. The van der Waals surface area contributed by atoms with E-state index in [4.69, 9.17) is 10.7 Å². The molecule has 1 amide bonds. The Morgan fingerprint density at radius 1 is 1.22 bits per heavy atom. The molecule has 1 saturated heterocycles. The van der Waals surface area contributed by atoms with E-state index in [0.717, 1.165) is 37.7 Å². The van der Waals surface area contributed by atoms with Crippen LogP contribution in [0.25, 0.3) is 0 Å². The summed E-state index contributed by atoms with van der Waals surface area (Å²) in [6.45, 7) is 7.23. The van der Waals surface area contributed by atoms with E-state index >= 15 is 0 Å². The molecule has 2 fully saturated rings. The van der Waals surface area contributed by atoms with Gasteiger partial charge >= 0.3 is 0 Å². The zero-order valence-corrected chi connectivity index (χ0v) is 16.6. The molecule has 1 aliphatic carbocycles. The summed E-state index contributed by atoms with van der Waals surface area (Å²) in [5.41, 5.74) is 6.81. The van der Waals surface area contributed by atoms with Crippen molar-refractivity contribution < 1.29 is 4.79 Å². The van der Waals surface area contributed by atoms with Gasteiger partial charge in [0, 0.05) is 25.7 Å². The van der Waals surface area contributed by atoms with Crippen molar-refractivity contribution in [1.82, 2.24) is 10.2 Å². The summed E-state index contributed by atoms with van der Waals surface area (Å²) in [5, 5.41) is 6.94. The first-order valence-corrected chi connectivity index (χ1v) is 10.3. The maximum absolute atomic E-state index is 11.8. The molecule has 0 aromatic heterocycles. The van der Waals surface area contributed by atoms with E-state index in [0.29, 0.717) is 23.6 Å². The summed E-state index contributed by atoms with van der Waals surface area (Å²) >= 11 is 0. The molecule has 4 N–H and O–H groups in total. The van der Waals surface area contributed by atoms with Gasteiger partial charge < -0.3 is 21.3 Å². The molecule has 1 saturated carbocycles. The van der Waals surface area contributed by atoms with Crippen LogP contribution in [-0.2, 0) is 0 Å². The number of hydrogen-bond donors (Lipinski definition) is 3. The van der Waals surface area contributed by atoms with Crippen molar-refractivity contribution in [3.8, 4) is 0 Å². The highest BCUT2D eigenvalue weighted by Crippen LogP contribution is 2.26. The highest BCUT2D eigenvalue weighted by Gasteiger charge is 2.24. The second-order valence-electron chi connectivity index (χ2n) is 7.97. The lowest BCUT2D eigenvalue weighted by Gasteiger charge is -2.35. The Labute approximate surface area is 162 Å². The Bertz CT molecular complexity index is 674. The molecule has 1 aromatic carbocycles. The summed E-state index contributed by atoms with van der Waals surface area (Å²) in [6.07, 6.45) is 6.20. The van der Waals surface area contributed by atoms with E-state index in [-0.39, 0.29) is 0 Å². The van der Waals surface area contributed by atoms with Crippen LogP contribution >= 0.6 is 0 Å². The molecule has 3 atom stereocenters. The van der Waals surface area contributed by atoms with Crippen LogP contribution in [-0.4, -0.2) is 48.5 Å². The van der Waals surface area contributed by atoms with Crippen LogP contribution in [0.4, 0.5) is 5.69 Å². The van der Waals surface area contributed by atoms with Crippen molar-refractivity contribution >= 4 is 17.6 Å². The van der Waals surface area contributed by atoms with Gasteiger partial charge in [0.25, 0.3) is 5.91 Å². The number of rotatable bonds is 3. The van der Waals surface area contributed by atoms with Crippen LogP contribution in [0.3, 0.4) is 0 Å². The van der Waals surface area contributed by atoms with Gasteiger partial charge in [0.1, 0.15) is 0 Å². The maximum Gasteiger partial charge on any atom is 0.250 e. The number of aliphatic imine (C=N–C) groups is 1. The lowest BCUT2D eigenvalue weighted by Crippen LogP contribution is -2.53. The average molecular weight is 372 g/mol. The van der Waals surface area contributed by atoms with Gasteiger partial charge in [0.2, 0.25) is 0 Å². The fourth-order valence-corrected chi connectivity index (χ4v) is 4.07. The van der Waals surface area contributed by atoms with E-state index in [1.807, 2.05) is 18.2 Å². The highest BCUT2D eigenvalue weighted by atomic mass is 16.1. The topological polar surface area (TPSA) is 82.8 Å². The zero-order valence-electron chi connectivity index (χ0n) is 16.6. The molecule has 2 aliphatic rings. The number of primary amides is 1. The number of benzene rings is 1. The lowest BCUT2D eigenvalue weighted by molar-refractivity contribution is 0.100. The Morgan fingerprint density at radius 2 is 2.00 bits per heavy atom. The minimum Gasteiger partial charge on any atom is -0.366 e. The number of carbonyl (C=O) groups excluding carboxylic acids is 1. The second kappa shape index (κ2) is 9.22. The molecule has 1 aromatic rings. The fourth-order valence-electron chi connectivity index (χ4n) is 4.07. The van der Waals surface area contributed by atoms with Crippen molar-refractivity contribution in [2.45, 2.75) is 58.0 Å². The van der Waals surface area contributed by atoms with Crippen molar-refractivity contribution in [2.75, 3.05) is 25.0 Å². The van der Waals surface area contributed by atoms with E-state index in [1.54, 1.807) is 6.07 Å². The van der Waals surface area contributed by atoms with Gasteiger partial charge in [0.05, 0.1) is 17.3 Å². The molecule has 1 aliphatic heterocycles. The van der Waals surface area contributed by atoms with Crippen molar-refractivity contribution in [2.24, 2.45) is 16.6 Å². The third-order valence-corrected chi connectivity index (χ3v) is 5.71. The molecule has 6 nitrogen and oxygen atoms in total. The van der Waals surface area contributed by atoms with Gasteiger partial charge in [-0.15, -0.1) is 0 Å². The number of carbonyl (C=O) groups is 1. The summed E-state index contributed by atoms with van der Waals surface area (Å²) in [5.74, 6) is 1.03. The summed E-state index contributed by atoms with van der Waals surface area (Å²) < 4.78 is 0. The minimum absolute atomic E-state index is 0.320. The second-order valence-corrected chi connectivity index (χ2v) is 7.97.